The third kappa shape index (κ3) is 3.20. The maximum atomic E-state index is 13.3. The third-order valence-corrected chi connectivity index (χ3v) is 3.14. The molecule has 0 aliphatic carbocycles. The van der Waals surface area contributed by atoms with E-state index in [9.17, 15) is 9.18 Å². The standard InChI is InChI=1S/C13H18FN3O/c14-12-4-2-1-3-10(12)5-7-16-13(18)17-8-6-11(15)9-17/h1-4,11H,5-9,15H2,(H,16,18)/t11-/m0/s1. The van der Waals surface area contributed by atoms with Crippen LogP contribution in [-0.4, -0.2) is 36.6 Å². The van der Waals surface area contributed by atoms with Gasteiger partial charge in [-0.1, -0.05) is 18.2 Å². The SMILES string of the molecule is N[C@H]1CCN(C(=O)NCCc2ccccc2F)C1. The minimum atomic E-state index is -0.227. The molecule has 1 aromatic rings. The lowest BCUT2D eigenvalue weighted by atomic mass is 10.1. The van der Waals surface area contributed by atoms with Crippen molar-refractivity contribution in [2.75, 3.05) is 19.6 Å². The molecule has 4 nitrogen and oxygen atoms in total. The van der Waals surface area contributed by atoms with Crippen LogP contribution < -0.4 is 11.1 Å². The predicted octanol–water partition coefficient (Wildman–Crippen LogP) is 1.11. The van der Waals surface area contributed by atoms with Crippen molar-refractivity contribution in [3.63, 3.8) is 0 Å². The first-order valence-corrected chi connectivity index (χ1v) is 6.18. The Hall–Kier alpha value is -1.62. The molecule has 0 aromatic heterocycles. The molecule has 1 atom stereocenters. The highest BCUT2D eigenvalue weighted by atomic mass is 19.1. The van der Waals surface area contributed by atoms with Crippen molar-refractivity contribution in [3.05, 3.63) is 35.6 Å². The number of amides is 2. The van der Waals surface area contributed by atoms with Crippen LogP contribution in [0.5, 0.6) is 0 Å². The van der Waals surface area contributed by atoms with Crippen LogP contribution in [0.4, 0.5) is 9.18 Å². The third-order valence-electron chi connectivity index (χ3n) is 3.14. The number of benzene rings is 1. The summed E-state index contributed by atoms with van der Waals surface area (Å²) in [6.07, 6.45) is 1.35. The summed E-state index contributed by atoms with van der Waals surface area (Å²) in [4.78, 5) is 13.4. The fourth-order valence-corrected chi connectivity index (χ4v) is 2.09. The molecule has 0 saturated carbocycles. The van der Waals surface area contributed by atoms with E-state index in [0.717, 1.165) is 6.42 Å². The Bertz CT molecular complexity index is 424. The van der Waals surface area contributed by atoms with E-state index in [1.54, 1.807) is 23.1 Å². The van der Waals surface area contributed by atoms with Crippen molar-refractivity contribution in [1.82, 2.24) is 10.2 Å². The minimum absolute atomic E-state index is 0.0855. The molecule has 1 fully saturated rings. The largest absolute Gasteiger partial charge is 0.338 e. The topological polar surface area (TPSA) is 58.4 Å². The van der Waals surface area contributed by atoms with Crippen LogP contribution in [0.1, 0.15) is 12.0 Å². The zero-order chi connectivity index (χ0) is 13.0. The molecule has 3 N–H and O–H groups in total. The molecule has 2 rings (SSSR count). The summed E-state index contributed by atoms with van der Waals surface area (Å²) in [6, 6.07) is 6.58. The monoisotopic (exact) mass is 251 g/mol. The van der Waals surface area contributed by atoms with E-state index >= 15 is 0 Å². The number of halogens is 1. The van der Waals surface area contributed by atoms with E-state index in [4.69, 9.17) is 5.73 Å². The molecule has 1 aliphatic heterocycles. The zero-order valence-corrected chi connectivity index (χ0v) is 10.2. The van der Waals surface area contributed by atoms with Gasteiger partial charge in [0, 0.05) is 25.7 Å². The average molecular weight is 251 g/mol. The second kappa shape index (κ2) is 5.82. The summed E-state index contributed by atoms with van der Waals surface area (Å²) in [5.41, 5.74) is 6.35. The summed E-state index contributed by atoms with van der Waals surface area (Å²) in [5.74, 6) is -0.227. The van der Waals surface area contributed by atoms with E-state index in [2.05, 4.69) is 5.32 Å². The van der Waals surface area contributed by atoms with Crippen LogP contribution >= 0.6 is 0 Å². The summed E-state index contributed by atoms with van der Waals surface area (Å²) in [6.45, 7) is 1.74. The van der Waals surface area contributed by atoms with Gasteiger partial charge in [0.25, 0.3) is 0 Å². The number of likely N-dealkylation sites (tertiary alicyclic amines) is 1. The van der Waals surface area contributed by atoms with E-state index in [1.807, 2.05) is 0 Å². The lowest BCUT2D eigenvalue weighted by molar-refractivity contribution is 0.208. The number of nitrogens with one attached hydrogen (secondary N) is 1. The number of rotatable bonds is 3. The summed E-state index contributed by atoms with van der Waals surface area (Å²) in [7, 11) is 0. The molecule has 0 unspecified atom stereocenters. The van der Waals surface area contributed by atoms with Gasteiger partial charge >= 0.3 is 6.03 Å². The molecule has 98 valence electrons. The molecule has 5 heteroatoms. The maximum Gasteiger partial charge on any atom is 0.317 e. The first-order chi connectivity index (χ1) is 8.66. The van der Waals surface area contributed by atoms with Crippen molar-refractivity contribution in [3.8, 4) is 0 Å². The van der Waals surface area contributed by atoms with E-state index in [-0.39, 0.29) is 17.9 Å². The highest BCUT2D eigenvalue weighted by Crippen LogP contribution is 2.08. The Morgan fingerprint density at radius 2 is 2.28 bits per heavy atom. The second-order valence-corrected chi connectivity index (χ2v) is 4.57. The van der Waals surface area contributed by atoms with Crippen molar-refractivity contribution in [2.24, 2.45) is 5.73 Å². The molecule has 1 saturated heterocycles. The predicted molar refractivity (Wildman–Crippen MR) is 67.7 cm³/mol. The van der Waals surface area contributed by atoms with E-state index < -0.39 is 0 Å². The fraction of sp³-hybridized carbons (Fsp3) is 0.462. The van der Waals surface area contributed by atoms with Gasteiger partial charge in [-0.05, 0) is 24.5 Å². The van der Waals surface area contributed by atoms with Crippen molar-refractivity contribution in [1.29, 1.82) is 0 Å². The quantitative estimate of drug-likeness (QED) is 0.845. The number of nitrogens with two attached hydrogens (primary N) is 1. The first-order valence-electron chi connectivity index (χ1n) is 6.18. The fourth-order valence-electron chi connectivity index (χ4n) is 2.09. The molecular weight excluding hydrogens is 233 g/mol. The molecule has 2 amide bonds. The van der Waals surface area contributed by atoms with Crippen molar-refractivity contribution < 1.29 is 9.18 Å². The van der Waals surface area contributed by atoms with Crippen LogP contribution in [0.15, 0.2) is 24.3 Å². The Morgan fingerprint density at radius 1 is 1.50 bits per heavy atom. The maximum absolute atomic E-state index is 13.3. The lowest BCUT2D eigenvalue weighted by Gasteiger charge is -2.16. The molecule has 1 aliphatic rings. The van der Waals surface area contributed by atoms with Crippen LogP contribution in [0.3, 0.4) is 0 Å². The second-order valence-electron chi connectivity index (χ2n) is 4.57. The molecule has 0 bridgehead atoms. The number of hydrogen-bond donors (Lipinski definition) is 2. The molecular formula is C13H18FN3O. The van der Waals surface area contributed by atoms with Gasteiger partial charge in [0.05, 0.1) is 0 Å². The number of carbonyl (C=O) groups excluding carboxylic acids is 1. The Morgan fingerprint density at radius 3 is 2.94 bits per heavy atom. The highest BCUT2D eigenvalue weighted by Gasteiger charge is 2.22. The zero-order valence-electron chi connectivity index (χ0n) is 10.2. The van der Waals surface area contributed by atoms with E-state index in [1.165, 1.54) is 6.07 Å². The lowest BCUT2D eigenvalue weighted by Crippen LogP contribution is -2.40. The van der Waals surface area contributed by atoms with E-state index in [0.29, 0.717) is 31.6 Å². The number of carbonyl (C=O) groups is 1. The van der Waals surface area contributed by atoms with Gasteiger partial charge in [-0.25, -0.2) is 9.18 Å². The van der Waals surface area contributed by atoms with Gasteiger partial charge in [0.15, 0.2) is 0 Å². The smallest absolute Gasteiger partial charge is 0.317 e. The normalized spacial score (nSPS) is 19.0. The van der Waals surface area contributed by atoms with Crippen LogP contribution in [0.25, 0.3) is 0 Å². The molecule has 0 radical (unpaired) electrons. The Kier molecular flexibility index (Phi) is 4.15. The van der Waals surface area contributed by atoms with Crippen LogP contribution in [0, 0.1) is 5.82 Å². The van der Waals surface area contributed by atoms with Gasteiger partial charge in [0.2, 0.25) is 0 Å². The molecule has 0 spiro atoms. The van der Waals surface area contributed by atoms with Gasteiger partial charge in [-0.3, -0.25) is 0 Å². The first kappa shape index (κ1) is 12.8. The van der Waals surface area contributed by atoms with Crippen LogP contribution in [0.2, 0.25) is 0 Å². The van der Waals surface area contributed by atoms with Gasteiger partial charge < -0.3 is 16.0 Å². The average Bonchev–Trinajstić information content (AvgIpc) is 2.78. The number of nitrogens with zero attached hydrogens (tertiary/aromatic N) is 1. The molecule has 1 heterocycles. The minimum Gasteiger partial charge on any atom is -0.338 e. The van der Waals surface area contributed by atoms with Crippen molar-refractivity contribution >= 4 is 6.03 Å². The van der Waals surface area contributed by atoms with Crippen LogP contribution in [-0.2, 0) is 6.42 Å². The summed E-state index contributed by atoms with van der Waals surface area (Å²) < 4.78 is 13.3. The number of hydrogen-bond acceptors (Lipinski definition) is 2. The number of urea groups is 1. The van der Waals surface area contributed by atoms with Gasteiger partial charge in [0.1, 0.15) is 5.82 Å². The molecule has 1 aromatic carbocycles. The summed E-state index contributed by atoms with van der Waals surface area (Å²) in [5, 5.41) is 2.79. The Labute approximate surface area is 106 Å². The highest BCUT2D eigenvalue weighted by molar-refractivity contribution is 5.74. The van der Waals surface area contributed by atoms with Gasteiger partial charge in [-0.2, -0.15) is 0 Å². The summed E-state index contributed by atoms with van der Waals surface area (Å²) >= 11 is 0. The Balaban J connectivity index is 1.75. The van der Waals surface area contributed by atoms with Crippen molar-refractivity contribution in [2.45, 2.75) is 18.9 Å². The van der Waals surface area contributed by atoms with Gasteiger partial charge in [-0.15, -0.1) is 0 Å². The molecule has 18 heavy (non-hydrogen) atoms.